The van der Waals surface area contributed by atoms with Crippen molar-refractivity contribution >= 4 is 17.1 Å². The topological polar surface area (TPSA) is 66.2 Å². The van der Waals surface area contributed by atoms with Crippen molar-refractivity contribution < 1.29 is 14.3 Å². The zero-order valence-electron chi connectivity index (χ0n) is 18.9. The fourth-order valence-electron chi connectivity index (χ4n) is 3.98. The average Bonchev–Trinajstić information content (AvgIpc) is 3.26. The predicted octanol–water partition coefficient (Wildman–Crippen LogP) is 5.61. The number of fused-ring (bicyclic) bond motifs is 1. The van der Waals surface area contributed by atoms with Crippen LogP contribution in [0.2, 0.25) is 0 Å². The molecule has 0 saturated heterocycles. The Labute approximate surface area is 197 Å². The number of hydrogen-bond donors (Lipinski definition) is 0. The van der Waals surface area contributed by atoms with Gasteiger partial charge in [0.1, 0.15) is 11.6 Å². The highest BCUT2D eigenvalue weighted by molar-refractivity contribution is 5.89. The van der Waals surface area contributed by atoms with Crippen LogP contribution in [0.4, 0.5) is 0 Å². The Morgan fingerprint density at radius 3 is 2.35 bits per heavy atom. The van der Waals surface area contributed by atoms with Crippen LogP contribution >= 0.6 is 0 Å². The van der Waals surface area contributed by atoms with Gasteiger partial charge in [0.05, 0.1) is 25.3 Å². The lowest BCUT2D eigenvalue weighted by Gasteiger charge is -2.11. The molecular formula is C28H23N3O3. The molecule has 3 aromatic carbocycles. The van der Waals surface area contributed by atoms with Crippen LogP contribution in [0.3, 0.4) is 0 Å². The number of nitrogens with zero attached hydrogens (tertiary/aromatic N) is 3. The second-order valence-corrected chi connectivity index (χ2v) is 7.87. The van der Waals surface area contributed by atoms with Crippen LogP contribution in [0, 0.1) is 0 Å². The van der Waals surface area contributed by atoms with Crippen LogP contribution in [0.5, 0.6) is 5.75 Å². The minimum Gasteiger partial charge on any atom is -0.497 e. The summed E-state index contributed by atoms with van der Waals surface area (Å²) in [6.07, 6.45) is 1.86. The van der Waals surface area contributed by atoms with Crippen molar-refractivity contribution in [2.45, 2.75) is 6.54 Å². The first-order valence-electron chi connectivity index (χ1n) is 10.9. The highest BCUT2D eigenvalue weighted by atomic mass is 16.5. The molecule has 5 aromatic rings. The predicted molar refractivity (Wildman–Crippen MR) is 132 cm³/mol. The molecule has 5 rings (SSSR count). The number of pyridine rings is 1. The molecule has 0 spiro atoms. The Balaban J connectivity index is 1.64. The minimum atomic E-state index is -0.353. The standard InChI is InChI=1S/C28H23N3O3/c1-33-24-10-6-9-22(15-24)27-30-26-25(16-23(17-29-26)20-7-4-3-5-8-20)31(27)18-19-11-13-21(14-12-19)28(32)34-2/h3-17H,18H2,1-2H3. The van der Waals surface area contributed by atoms with Crippen LogP contribution in [0.25, 0.3) is 33.7 Å². The maximum Gasteiger partial charge on any atom is 0.337 e. The summed E-state index contributed by atoms with van der Waals surface area (Å²) in [4.78, 5) is 21.4. The number of imidazole rings is 1. The molecule has 2 aromatic heterocycles. The minimum absolute atomic E-state index is 0.353. The Morgan fingerprint density at radius 2 is 1.62 bits per heavy atom. The van der Waals surface area contributed by atoms with E-state index in [2.05, 4.69) is 27.8 Å². The zero-order chi connectivity index (χ0) is 23.5. The van der Waals surface area contributed by atoms with Gasteiger partial charge in [-0.2, -0.15) is 0 Å². The Kier molecular flexibility index (Phi) is 5.79. The lowest BCUT2D eigenvalue weighted by Crippen LogP contribution is -2.04. The van der Waals surface area contributed by atoms with E-state index in [4.69, 9.17) is 14.5 Å². The Hall–Kier alpha value is -4.45. The van der Waals surface area contributed by atoms with E-state index < -0.39 is 0 Å². The van der Waals surface area contributed by atoms with Gasteiger partial charge in [0.15, 0.2) is 5.65 Å². The summed E-state index contributed by atoms with van der Waals surface area (Å²) in [7, 11) is 3.03. The number of methoxy groups -OCH3 is 2. The molecule has 0 aliphatic carbocycles. The van der Waals surface area contributed by atoms with E-state index in [1.165, 1.54) is 7.11 Å². The third kappa shape index (κ3) is 4.13. The van der Waals surface area contributed by atoms with Gasteiger partial charge in [0, 0.05) is 23.9 Å². The van der Waals surface area contributed by atoms with Crippen molar-refractivity contribution in [2.75, 3.05) is 14.2 Å². The van der Waals surface area contributed by atoms with Gasteiger partial charge in [-0.15, -0.1) is 0 Å². The fourth-order valence-corrected chi connectivity index (χ4v) is 3.98. The SMILES string of the molecule is COC(=O)c1ccc(Cn2c(-c3cccc(OC)c3)nc3ncc(-c4ccccc4)cc32)cc1. The number of esters is 1. The first kappa shape index (κ1) is 21.4. The maximum atomic E-state index is 11.8. The largest absolute Gasteiger partial charge is 0.497 e. The van der Waals surface area contributed by atoms with E-state index in [9.17, 15) is 4.79 Å². The quantitative estimate of drug-likeness (QED) is 0.315. The second-order valence-electron chi connectivity index (χ2n) is 7.87. The molecule has 0 radical (unpaired) electrons. The maximum absolute atomic E-state index is 11.8. The number of ether oxygens (including phenoxy) is 2. The van der Waals surface area contributed by atoms with Gasteiger partial charge in [0.2, 0.25) is 0 Å². The average molecular weight is 450 g/mol. The summed E-state index contributed by atoms with van der Waals surface area (Å²) < 4.78 is 12.4. The van der Waals surface area contributed by atoms with E-state index in [0.717, 1.165) is 39.3 Å². The summed E-state index contributed by atoms with van der Waals surface area (Å²) in [5.74, 6) is 1.20. The van der Waals surface area contributed by atoms with E-state index >= 15 is 0 Å². The summed E-state index contributed by atoms with van der Waals surface area (Å²) in [5, 5.41) is 0. The van der Waals surface area contributed by atoms with Crippen LogP contribution < -0.4 is 4.74 Å². The van der Waals surface area contributed by atoms with E-state index in [1.54, 1.807) is 19.2 Å². The number of rotatable bonds is 6. The molecule has 0 atom stereocenters. The van der Waals surface area contributed by atoms with Crippen molar-refractivity contribution in [2.24, 2.45) is 0 Å². The molecule has 34 heavy (non-hydrogen) atoms. The summed E-state index contributed by atoms with van der Waals surface area (Å²) in [6.45, 7) is 0.560. The van der Waals surface area contributed by atoms with Gasteiger partial charge in [-0.25, -0.2) is 14.8 Å². The van der Waals surface area contributed by atoms with Crippen LogP contribution in [0.1, 0.15) is 15.9 Å². The first-order chi connectivity index (χ1) is 16.7. The Morgan fingerprint density at radius 1 is 0.853 bits per heavy atom. The third-order valence-electron chi connectivity index (χ3n) is 5.76. The van der Waals surface area contributed by atoms with Crippen molar-refractivity contribution in [3.05, 3.63) is 102 Å². The monoisotopic (exact) mass is 449 g/mol. The van der Waals surface area contributed by atoms with Gasteiger partial charge in [0.25, 0.3) is 0 Å². The second kappa shape index (κ2) is 9.19. The lowest BCUT2D eigenvalue weighted by molar-refractivity contribution is 0.0600. The van der Waals surface area contributed by atoms with Crippen molar-refractivity contribution in [1.82, 2.24) is 14.5 Å². The van der Waals surface area contributed by atoms with Gasteiger partial charge in [-0.1, -0.05) is 54.6 Å². The lowest BCUT2D eigenvalue weighted by atomic mass is 10.1. The van der Waals surface area contributed by atoms with Gasteiger partial charge < -0.3 is 14.0 Å². The molecule has 0 unspecified atom stereocenters. The van der Waals surface area contributed by atoms with Crippen LogP contribution in [-0.4, -0.2) is 34.7 Å². The molecule has 0 N–H and O–H groups in total. The van der Waals surface area contributed by atoms with E-state index in [0.29, 0.717) is 17.8 Å². The molecule has 6 heteroatoms. The number of aromatic nitrogens is 3. The first-order valence-corrected chi connectivity index (χ1v) is 10.9. The third-order valence-corrected chi connectivity index (χ3v) is 5.76. The number of benzene rings is 3. The molecule has 0 aliphatic heterocycles. The van der Waals surface area contributed by atoms with Crippen molar-refractivity contribution in [3.8, 4) is 28.3 Å². The zero-order valence-corrected chi connectivity index (χ0v) is 18.9. The van der Waals surface area contributed by atoms with Gasteiger partial charge in [-0.3, -0.25) is 0 Å². The van der Waals surface area contributed by atoms with Gasteiger partial charge in [-0.05, 0) is 41.5 Å². The molecule has 2 heterocycles. The molecule has 168 valence electrons. The molecule has 6 nitrogen and oxygen atoms in total. The number of hydrogen-bond acceptors (Lipinski definition) is 5. The Bertz CT molecular complexity index is 1460. The molecule has 0 saturated carbocycles. The normalized spacial score (nSPS) is 10.9. The smallest absolute Gasteiger partial charge is 0.337 e. The molecular weight excluding hydrogens is 426 g/mol. The van der Waals surface area contributed by atoms with Crippen molar-refractivity contribution in [3.63, 3.8) is 0 Å². The fraction of sp³-hybridized carbons (Fsp3) is 0.107. The van der Waals surface area contributed by atoms with E-state index in [-0.39, 0.29) is 5.97 Å². The molecule has 0 fully saturated rings. The highest BCUT2D eigenvalue weighted by Gasteiger charge is 2.16. The summed E-state index contributed by atoms with van der Waals surface area (Å²) in [5.41, 5.74) is 6.19. The summed E-state index contributed by atoms with van der Waals surface area (Å²) >= 11 is 0. The molecule has 0 aliphatic rings. The van der Waals surface area contributed by atoms with E-state index in [1.807, 2.05) is 60.8 Å². The van der Waals surface area contributed by atoms with Crippen molar-refractivity contribution in [1.29, 1.82) is 0 Å². The molecule has 0 amide bonds. The summed E-state index contributed by atoms with van der Waals surface area (Å²) in [6, 6.07) is 27.5. The highest BCUT2D eigenvalue weighted by Crippen LogP contribution is 2.30. The number of carbonyl (C=O) groups is 1. The van der Waals surface area contributed by atoms with Crippen LogP contribution in [0.15, 0.2) is 91.1 Å². The number of carbonyl (C=O) groups excluding carboxylic acids is 1. The van der Waals surface area contributed by atoms with Gasteiger partial charge >= 0.3 is 5.97 Å². The van der Waals surface area contributed by atoms with Crippen LogP contribution in [-0.2, 0) is 11.3 Å². The molecule has 0 bridgehead atoms.